The molecule has 114 valence electrons. The van der Waals surface area contributed by atoms with Gasteiger partial charge in [-0.1, -0.05) is 38.1 Å². The summed E-state index contributed by atoms with van der Waals surface area (Å²) in [7, 11) is 1.72. The number of nitrogens with one attached hydrogen (secondary N) is 1. The maximum absolute atomic E-state index is 5.29. The molecule has 21 heavy (non-hydrogen) atoms. The molecule has 2 rings (SSSR count). The van der Waals surface area contributed by atoms with Gasteiger partial charge in [0.2, 0.25) is 0 Å². The molecule has 4 heteroatoms. The normalized spacial score (nSPS) is 11.3. The van der Waals surface area contributed by atoms with Gasteiger partial charge in [-0.3, -0.25) is 0 Å². The molecule has 1 aromatic heterocycles. The van der Waals surface area contributed by atoms with Gasteiger partial charge in [-0.05, 0) is 24.9 Å². The summed E-state index contributed by atoms with van der Waals surface area (Å²) in [6, 6.07) is 8.39. The highest BCUT2D eigenvalue weighted by Crippen LogP contribution is 2.30. The van der Waals surface area contributed by atoms with Crippen LogP contribution in [0, 0.1) is 12.8 Å². The van der Waals surface area contributed by atoms with Crippen LogP contribution in [-0.4, -0.2) is 18.6 Å². The van der Waals surface area contributed by atoms with E-state index in [9.17, 15) is 0 Å². The van der Waals surface area contributed by atoms with E-state index < -0.39 is 0 Å². The van der Waals surface area contributed by atoms with Crippen LogP contribution < -0.4 is 5.32 Å². The van der Waals surface area contributed by atoms with Crippen molar-refractivity contribution >= 4 is 11.3 Å². The molecule has 2 aromatic rings. The highest BCUT2D eigenvalue weighted by molar-refractivity contribution is 7.15. The standard InChI is InChI=1S/C17H24N2OS/c1-12(2)9-18-10-16-15(11-20-4)19-17(21-16)14-8-6-5-7-13(14)3/h5-8,12,18H,9-11H2,1-4H3. The van der Waals surface area contributed by atoms with Gasteiger partial charge in [0, 0.05) is 24.1 Å². The number of ether oxygens (including phenoxy) is 1. The molecule has 0 saturated heterocycles. The van der Waals surface area contributed by atoms with E-state index in [4.69, 9.17) is 9.72 Å². The Morgan fingerprint density at radius 3 is 2.71 bits per heavy atom. The van der Waals surface area contributed by atoms with Crippen molar-refractivity contribution in [3.8, 4) is 10.6 Å². The third-order valence-corrected chi connectivity index (χ3v) is 4.40. The quantitative estimate of drug-likeness (QED) is 0.839. The van der Waals surface area contributed by atoms with E-state index in [-0.39, 0.29) is 0 Å². The van der Waals surface area contributed by atoms with Crippen LogP contribution in [0.15, 0.2) is 24.3 Å². The van der Waals surface area contributed by atoms with Gasteiger partial charge < -0.3 is 10.1 Å². The number of rotatable bonds is 7. The average molecular weight is 304 g/mol. The van der Waals surface area contributed by atoms with Crippen LogP contribution in [0.3, 0.4) is 0 Å². The Kier molecular flexibility index (Phi) is 5.91. The Morgan fingerprint density at radius 1 is 1.29 bits per heavy atom. The Hall–Kier alpha value is -1.23. The number of benzene rings is 1. The number of nitrogens with zero attached hydrogens (tertiary/aromatic N) is 1. The van der Waals surface area contributed by atoms with Crippen LogP contribution in [0.25, 0.3) is 10.6 Å². The SMILES string of the molecule is COCc1nc(-c2ccccc2C)sc1CNCC(C)C. The largest absolute Gasteiger partial charge is 0.378 e. The molecule has 1 aromatic carbocycles. The van der Waals surface area contributed by atoms with E-state index in [2.05, 4.69) is 50.4 Å². The summed E-state index contributed by atoms with van der Waals surface area (Å²) in [6.07, 6.45) is 0. The summed E-state index contributed by atoms with van der Waals surface area (Å²) in [6.45, 7) is 9.01. The van der Waals surface area contributed by atoms with Crippen LogP contribution in [0.2, 0.25) is 0 Å². The molecule has 0 spiro atoms. The first-order valence-corrected chi connectivity index (χ1v) is 8.17. The van der Waals surface area contributed by atoms with Gasteiger partial charge in [0.25, 0.3) is 0 Å². The van der Waals surface area contributed by atoms with Gasteiger partial charge in [0.1, 0.15) is 5.01 Å². The average Bonchev–Trinajstić information content (AvgIpc) is 2.82. The van der Waals surface area contributed by atoms with Crippen molar-refractivity contribution in [1.29, 1.82) is 0 Å². The zero-order valence-corrected chi connectivity index (χ0v) is 14.1. The molecule has 0 aliphatic carbocycles. The fourth-order valence-electron chi connectivity index (χ4n) is 2.17. The number of aryl methyl sites for hydroxylation is 1. The fourth-order valence-corrected chi connectivity index (χ4v) is 3.30. The summed E-state index contributed by atoms with van der Waals surface area (Å²) in [5.41, 5.74) is 3.53. The van der Waals surface area contributed by atoms with Gasteiger partial charge in [0.15, 0.2) is 0 Å². The predicted molar refractivity (Wildman–Crippen MR) is 89.5 cm³/mol. The van der Waals surface area contributed by atoms with E-state index in [0.717, 1.165) is 23.8 Å². The predicted octanol–water partition coefficient (Wildman–Crippen LogP) is 4.01. The number of methoxy groups -OCH3 is 1. The molecule has 0 aliphatic rings. The topological polar surface area (TPSA) is 34.1 Å². The summed E-state index contributed by atoms with van der Waals surface area (Å²) in [5.74, 6) is 0.652. The Morgan fingerprint density at radius 2 is 2.05 bits per heavy atom. The molecule has 0 saturated carbocycles. The molecule has 0 atom stereocenters. The minimum atomic E-state index is 0.571. The lowest BCUT2D eigenvalue weighted by atomic mass is 10.1. The lowest BCUT2D eigenvalue weighted by Crippen LogP contribution is -2.19. The Balaban J connectivity index is 2.22. The molecule has 0 fully saturated rings. The number of thiazole rings is 1. The Labute approximate surface area is 131 Å². The van der Waals surface area contributed by atoms with Crippen molar-refractivity contribution in [3.05, 3.63) is 40.4 Å². The highest BCUT2D eigenvalue weighted by atomic mass is 32.1. The van der Waals surface area contributed by atoms with Crippen molar-refractivity contribution in [2.45, 2.75) is 33.9 Å². The van der Waals surface area contributed by atoms with Crippen LogP contribution in [0.1, 0.15) is 30.0 Å². The summed E-state index contributed by atoms with van der Waals surface area (Å²) in [4.78, 5) is 6.06. The summed E-state index contributed by atoms with van der Waals surface area (Å²) in [5, 5.41) is 4.58. The summed E-state index contributed by atoms with van der Waals surface area (Å²) < 4.78 is 5.29. The van der Waals surface area contributed by atoms with Crippen LogP contribution in [0.5, 0.6) is 0 Å². The lowest BCUT2D eigenvalue weighted by molar-refractivity contribution is 0.181. The van der Waals surface area contributed by atoms with E-state index in [1.807, 2.05) is 0 Å². The smallest absolute Gasteiger partial charge is 0.124 e. The molecule has 0 radical (unpaired) electrons. The van der Waals surface area contributed by atoms with E-state index >= 15 is 0 Å². The van der Waals surface area contributed by atoms with E-state index in [1.165, 1.54) is 16.0 Å². The second-order valence-electron chi connectivity index (χ2n) is 5.66. The first-order valence-electron chi connectivity index (χ1n) is 7.36. The molecular weight excluding hydrogens is 280 g/mol. The Bertz CT molecular complexity index is 578. The number of aromatic nitrogens is 1. The minimum Gasteiger partial charge on any atom is -0.378 e. The van der Waals surface area contributed by atoms with Gasteiger partial charge in [0.05, 0.1) is 12.3 Å². The molecule has 1 N–H and O–H groups in total. The van der Waals surface area contributed by atoms with Gasteiger partial charge >= 0.3 is 0 Å². The first-order chi connectivity index (χ1) is 10.1. The van der Waals surface area contributed by atoms with Crippen LogP contribution >= 0.6 is 11.3 Å². The molecule has 3 nitrogen and oxygen atoms in total. The third kappa shape index (κ3) is 4.37. The molecule has 0 unspecified atom stereocenters. The van der Waals surface area contributed by atoms with Crippen molar-refractivity contribution in [1.82, 2.24) is 10.3 Å². The highest BCUT2D eigenvalue weighted by Gasteiger charge is 2.13. The maximum Gasteiger partial charge on any atom is 0.124 e. The first kappa shape index (κ1) is 16.1. The number of hydrogen-bond donors (Lipinski definition) is 1. The van der Waals surface area contributed by atoms with E-state index in [1.54, 1.807) is 18.4 Å². The maximum atomic E-state index is 5.29. The van der Waals surface area contributed by atoms with Gasteiger partial charge in [-0.15, -0.1) is 11.3 Å². The fraction of sp³-hybridized carbons (Fsp3) is 0.471. The second kappa shape index (κ2) is 7.69. The van der Waals surface area contributed by atoms with Crippen molar-refractivity contribution in [2.75, 3.05) is 13.7 Å². The van der Waals surface area contributed by atoms with Crippen LogP contribution in [0.4, 0.5) is 0 Å². The lowest BCUT2D eigenvalue weighted by Gasteiger charge is -2.06. The van der Waals surface area contributed by atoms with E-state index in [0.29, 0.717) is 12.5 Å². The van der Waals surface area contributed by atoms with Gasteiger partial charge in [-0.25, -0.2) is 4.98 Å². The molecule has 0 aliphatic heterocycles. The zero-order chi connectivity index (χ0) is 15.2. The number of hydrogen-bond acceptors (Lipinski definition) is 4. The zero-order valence-electron chi connectivity index (χ0n) is 13.3. The minimum absolute atomic E-state index is 0.571. The monoisotopic (exact) mass is 304 g/mol. The van der Waals surface area contributed by atoms with Crippen LogP contribution in [-0.2, 0) is 17.9 Å². The molecule has 1 heterocycles. The molecule has 0 amide bonds. The second-order valence-corrected chi connectivity index (χ2v) is 6.75. The van der Waals surface area contributed by atoms with Crippen molar-refractivity contribution < 1.29 is 4.74 Å². The molecule has 0 bridgehead atoms. The summed E-state index contributed by atoms with van der Waals surface area (Å²) >= 11 is 1.76. The van der Waals surface area contributed by atoms with Crippen molar-refractivity contribution in [2.24, 2.45) is 5.92 Å². The van der Waals surface area contributed by atoms with Gasteiger partial charge in [-0.2, -0.15) is 0 Å². The third-order valence-electron chi connectivity index (χ3n) is 3.27. The van der Waals surface area contributed by atoms with Crippen molar-refractivity contribution in [3.63, 3.8) is 0 Å². The molecular formula is C17H24N2OS.